The van der Waals surface area contributed by atoms with Crippen molar-refractivity contribution >= 4 is 11.8 Å². The molecule has 0 saturated carbocycles. The lowest BCUT2D eigenvalue weighted by Gasteiger charge is -2.34. The van der Waals surface area contributed by atoms with Crippen LogP contribution in [-0.2, 0) is 16.1 Å². The summed E-state index contributed by atoms with van der Waals surface area (Å²) in [5.74, 6) is 0.601. The Balaban J connectivity index is 2.07. The highest BCUT2D eigenvalue weighted by molar-refractivity contribution is 5.88. The van der Waals surface area contributed by atoms with E-state index in [-0.39, 0.29) is 18.2 Å². The average Bonchev–Trinajstić information content (AvgIpc) is 2.56. The van der Waals surface area contributed by atoms with Crippen LogP contribution >= 0.6 is 0 Å². The van der Waals surface area contributed by atoms with Gasteiger partial charge in [0.15, 0.2) is 0 Å². The first kappa shape index (κ1) is 18.0. The van der Waals surface area contributed by atoms with Crippen LogP contribution in [0.1, 0.15) is 17.5 Å². The Bertz CT molecular complexity index is 616. The molecule has 2 rings (SSSR count). The van der Waals surface area contributed by atoms with E-state index in [1.54, 1.807) is 13.2 Å². The molecule has 2 amide bonds. The Hall–Kier alpha value is -2.34. The number of benzene rings is 1. The third-order valence-electron chi connectivity index (χ3n) is 4.11. The molecule has 1 aromatic rings. The van der Waals surface area contributed by atoms with Crippen molar-refractivity contribution in [1.82, 2.24) is 15.5 Å². The van der Waals surface area contributed by atoms with Crippen LogP contribution in [0.2, 0.25) is 0 Å². The van der Waals surface area contributed by atoms with E-state index in [9.17, 15) is 9.59 Å². The van der Waals surface area contributed by atoms with Crippen molar-refractivity contribution in [1.29, 1.82) is 0 Å². The lowest BCUT2D eigenvalue weighted by molar-refractivity contribution is -0.134. The van der Waals surface area contributed by atoms with Gasteiger partial charge in [-0.25, -0.2) is 0 Å². The number of carbonyl (C=O) groups is 2. The fraction of sp³-hybridized carbons (Fsp3) is 0.444. The van der Waals surface area contributed by atoms with Gasteiger partial charge in [0, 0.05) is 26.2 Å². The molecule has 0 bridgehead atoms. The van der Waals surface area contributed by atoms with Crippen LogP contribution in [0.15, 0.2) is 30.9 Å². The first-order valence-electron chi connectivity index (χ1n) is 8.08. The van der Waals surface area contributed by atoms with E-state index >= 15 is 0 Å². The van der Waals surface area contributed by atoms with Gasteiger partial charge >= 0.3 is 0 Å². The molecule has 6 nitrogen and oxygen atoms in total. The third-order valence-corrected chi connectivity index (χ3v) is 4.11. The Kier molecular flexibility index (Phi) is 6.37. The number of methoxy groups -OCH3 is 1. The topological polar surface area (TPSA) is 70.7 Å². The largest absolute Gasteiger partial charge is 0.496 e. The Morgan fingerprint density at radius 1 is 1.54 bits per heavy atom. The predicted octanol–water partition coefficient (Wildman–Crippen LogP) is 0.996. The number of carbonyl (C=O) groups excluding carboxylic acids is 2. The lowest BCUT2D eigenvalue weighted by Crippen LogP contribution is -2.56. The number of rotatable bonds is 7. The molecule has 0 radical (unpaired) electrons. The van der Waals surface area contributed by atoms with Crippen LogP contribution in [0.3, 0.4) is 0 Å². The van der Waals surface area contributed by atoms with Crippen molar-refractivity contribution < 1.29 is 14.3 Å². The second-order valence-electron chi connectivity index (χ2n) is 5.88. The molecule has 0 spiro atoms. The van der Waals surface area contributed by atoms with Crippen LogP contribution in [0.25, 0.3) is 0 Å². The highest BCUT2D eigenvalue weighted by Gasteiger charge is 2.31. The molecule has 130 valence electrons. The maximum absolute atomic E-state index is 12.2. The first-order valence-corrected chi connectivity index (χ1v) is 8.08. The van der Waals surface area contributed by atoms with Crippen molar-refractivity contribution in [3.05, 3.63) is 42.0 Å². The summed E-state index contributed by atoms with van der Waals surface area (Å²) < 4.78 is 5.28. The highest BCUT2D eigenvalue weighted by atomic mass is 16.5. The molecule has 2 N–H and O–H groups in total. The molecule has 24 heavy (non-hydrogen) atoms. The van der Waals surface area contributed by atoms with Gasteiger partial charge in [-0.1, -0.05) is 18.2 Å². The van der Waals surface area contributed by atoms with Crippen LogP contribution in [0, 0.1) is 6.92 Å². The van der Waals surface area contributed by atoms with E-state index in [0.717, 1.165) is 23.4 Å². The van der Waals surface area contributed by atoms with Crippen molar-refractivity contribution in [2.24, 2.45) is 0 Å². The maximum atomic E-state index is 12.2. The predicted molar refractivity (Wildman–Crippen MR) is 92.8 cm³/mol. The third kappa shape index (κ3) is 4.58. The van der Waals surface area contributed by atoms with Crippen LogP contribution in [0.5, 0.6) is 5.75 Å². The second kappa shape index (κ2) is 8.49. The van der Waals surface area contributed by atoms with E-state index in [2.05, 4.69) is 23.3 Å². The molecule has 1 saturated heterocycles. The SMILES string of the molecule is C=CCNC(=O)C[C@H]1C(=O)NCCN1Cc1ccc(OC)c(C)c1. The van der Waals surface area contributed by atoms with Gasteiger partial charge in [-0.15, -0.1) is 6.58 Å². The summed E-state index contributed by atoms with van der Waals surface area (Å²) in [6.45, 7) is 7.91. The molecular weight excluding hydrogens is 306 g/mol. The van der Waals surface area contributed by atoms with Gasteiger partial charge in [0.1, 0.15) is 5.75 Å². The number of nitrogens with zero attached hydrogens (tertiary/aromatic N) is 1. The van der Waals surface area contributed by atoms with E-state index < -0.39 is 6.04 Å². The van der Waals surface area contributed by atoms with E-state index in [0.29, 0.717) is 19.6 Å². The zero-order valence-electron chi connectivity index (χ0n) is 14.3. The van der Waals surface area contributed by atoms with Crippen molar-refractivity contribution in [3.63, 3.8) is 0 Å². The van der Waals surface area contributed by atoms with Gasteiger partial charge < -0.3 is 15.4 Å². The van der Waals surface area contributed by atoms with Crippen molar-refractivity contribution in [2.75, 3.05) is 26.7 Å². The van der Waals surface area contributed by atoms with Gasteiger partial charge in [0.25, 0.3) is 0 Å². The van der Waals surface area contributed by atoms with E-state index in [1.165, 1.54) is 0 Å². The Morgan fingerprint density at radius 2 is 2.33 bits per heavy atom. The maximum Gasteiger partial charge on any atom is 0.237 e. The minimum Gasteiger partial charge on any atom is -0.496 e. The number of nitrogens with one attached hydrogen (secondary N) is 2. The summed E-state index contributed by atoms with van der Waals surface area (Å²) in [6.07, 6.45) is 1.77. The fourth-order valence-electron chi connectivity index (χ4n) is 2.88. The number of amides is 2. The molecule has 6 heteroatoms. The molecule has 1 aliphatic rings. The molecule has 1 heterocycles. The van der Waals surface area contributed by atoms with Crippen molar-refractivity contribution in [3.8, 4) is 5.75 Å². The number of ether oxygens (including phenoxy) is 1. The monoisotopic (exact) mass is 331 g/mol. The minimum atomic E-state index is -0.453. The molecule has 0 aromatic heterocycles. The number of hydrogen-bond acceptors (Lipinski definition) is 4. The standard InChI is InChI=1S/C18H25N3O3/c1-4-7-19-17(22)11-15-18(23)20-8-9-21(15)12-14-5-6-16(24-3)13(2)10-14/h4-6,10,15H,1,7-9,11-12H2,2-3H3,(H,19,22)(H,20,23)/t15-/m0/s1. The van der Waals surface area contributed by atoms with Gasteiger partial charge in [-0.3, -0.25) is 14.5 Å². The summed E-state index contributed by atoms with van der Waals surface area (Å²) >= 11 is 0. The number of aryl methyl sites for hydroxylation is 1. The molecule has 1 aliphatic heterocycles. The second-order valence-corrected chi connectivity index (χ2v) is 5.88. The van der Waals surface area contributed by atoms with Gasteiger partial charge in [-0.05, 0) is 24.1 Å². The smallest absolute Gasteiger partial charge is 0.237 e. The molecular formula is C18H25N3O3. The lowest BCUT2D eigenvalue weighted by atomic mass is 10.1. The molecule has 1 fully saturated rings. The minimum absolute atomic E-state index is 0.0970. The number of piperazine rings is 1. The van der Waals surface area contributed by atoms with Crippen molar-refractivity contribution in [2.45, 2.75) is 25.9 Å². The Morgan fingerprint density at radius 3 is 3.00 bits per heavy atom. The van der Waals surface area contributed by atoms with Gasteiger partial charge in [-0.2, -0.15) is 0 Å². The van der Waals surface area contributed by atoms with E-state index in [4.69, 9.17) is 4.74 Å². The molecule has 0 aliphatic carbocycles. The summed E-state index contributed by atoms with van der Waals surface area (Å²) in [5.41, 5.74) is 2.15. The van der Waals surface area contributed by atoms with Crippen LogP contribution < -0.4 is 15.4 Å². The van der Waals surface area contributed by atoms with E-state index in [1.807, 2.05) is 24.0 Å². The molecule has 1 atom stereocenters. The van der Waals surface area contributed by atoms with Gasteiger partial charge in [0.05, 0.1) is 19.6 Å². The van der Waals surface area contributed by atoms with Crippen LogP contribution in [-0.4, -0.2) is 49.5 Å². The summed E-state index contributed by atoms with van der Waals surface area (Å²) in [4.78, 5) is 26.2. The summed E-state index contributed by atoms with van der Waals surface area (Å²) in [5, 5.41) is 5.57. The Labute approximate surface area is 142 Å². The summed E-state index contributed by atoms with van der Waals surface area (Å²) in [7, 11) is 1.65. The van der Waals surface area contributed by atoms with Crippen LogP contribution in [0.4, 0.5) is 0 Å². The summed E-state index contributed by atoms with van der Waals surface area (Å²) in [6, 6.07) is 5.53. The normalized spacial score (nSPS) is 17.9. The average molecular weight is 331 g/mol. The highest BCUT2D eigenvalue weighted by Crippen LogP contribution is 2.21. The zero-order chi connectivity index (χ0) is 17.5. The molecule has 1 aromatic carbocycles. The fourth-order valence-corrected chi connectivity index (χ4v) is 2.88. The quantitative estimate of drug-likeness (QED) is 0.731. The van der Waals surface area contributed by atoms with Gasteiger partial charge in [0.2, 0.25) is 11.8 Å². The zero-order valence-corrected chi connectivity index (χ0v) is 14.3. The first-order chi connectivity index (χ1) is 11.5. The number of hydrogen-bond donors (Lipinski definition) is 2. The molecule has 0 unspecified atom stereocenters.